The Morgan fingerprint density at radius 1 is 1.17 bits per heavy atom. The van der Waals surface area contributed by atoms with Crippen molar-refractivity contribution in [3.63, 3.8) is 0 Å². The molecule has 0 unspecified atom stereocenters. The number of amidine groups is 1. The summed E-state index contributed by atoms with van der Waals surface area (Å²) in [5.41, 5.74) is 1.92. The second-order valence-corrected chi connectivity index (χ2v) is 6.85. The highest BCUT2D eigenvalue weighted by Gasteiger charge is 2.21. The van der Waals surface area contributed by atoms with Gasteiger partial charge in [-0.2, -0.15) is 0 Å². The first-order valence-electron chi connectivity index (χ1n) is 9.15. The number of aromatic nitrogens is 2. The standard InChI is InChI=1S/C20H21ClFN5O2/c21-16-12-15(9-10-17(16)22)27(28)20(23)19-18(25-29-26-19)13-24-11-5-4-8-14-6-2-1-3-7-14/h1-3,6-7,9-10,12,23-24,28H,4-5,8,11,13H2. The summed E-state index contributed by atoms with van der Waals surface area (Å²) in [4.78, 5) is 0. The Hall–Kier alpha value is -2.81. The zero-order valence-corrected chi connectivity index (χ0v) is 16.4. The molecule has 3 aromatic rings. The number of hydrogen-bond acceptors (Lipinski definition) is 6. The van der Waals surface area contributed by atoms with Gasteiger partial charge in [0.15, 0.2) is 11.5 Å². The quantitative estimate of drug-likeness (QED) is 0.209. The van der Waals surface area contributed by atoms with Crippen LogP contribution in [0.1, 0.15) is 29.8 Å². The second-order valence-electron chi connectivity index (χ2n) is 6.44. The summed E-state index contributed by atoms with van der Waals surface area (Å²) in [5.74, 6) is -0.967. The lowest BCUT2D eigenvalue weighted by Gasteiger charge is -2.16. The summed E-state index contributed by atoms with van der Waals surface area (Å²) in [6.07, 6.45) is 3.04. The molecule has 7 nitrogen and oxygen atoms in total. The van der Waals surface area contributed by atoms with E-state index in [-0.39, 0.29) is 22.2 Å². The van der Waals surface area contributed by atoms with Gasteiger partial charge in [0, 0.05) is 6.54 Å². The molecule has 152 valence electrons. The zero-order chi connectivity index (χ0) is 20.6. The third-order valence-electron chi connectivity index (χ3n) is 4.34. The maximum absolute atomic E-state index is 13.3. The van der Waals surface area contributed by atoms with Gasteiger partial charge in [0.25, 0.3) is 0 Å². The molecule has 0 bridgehead atoms. The minimum atomic E-state index is -0.615. The van der Waals surface area contributed by atoms with Crippen LogP contribution < -0.4 is 10.4 Å². The molecule has 0 atom stereocenters. The highest BCUT2D eigenvalue weighted by atomic mass is 35.5. The Morgan fingerprint density at radius 3 is 2.72 bits per heavy atom. The Kier molecular flexibility index (Phi) is 7.29. The van der Waals surface area contributed by atoms with E-state index in [1.165, 1.54) is 17.7 Å². The first kappa shape index (κ1) is 20.9. The van der Waals surface area contributed by atoms with E-state index in [2.05, 4.69) is 27.8 Å². The van der Waals surface area contributed by atoms with Crippen molar-refractivity contribution >= 4 is 23.1 Å². The van der Waals surface area contributed by atoms with Crippen LogP contribution in [0.3, 0.4) is 0 Å². The lowest BCUT2D eigenvalue weighted by atomic mass is 10.1. The fourth-order valence-electron chi connectivity index (χ4n) is 2.78. The van der Waals surface area contributed by atoms with Crippen LogP contribution >= 0.6 is 11.6 Å². The van der Waals surface area contributed by atoms with Crippen molar-refractivity contribution in [2.24, 2.45) is 0 Å². The zero-order valence-electron chi connectivity index (χ0n) is 15.6. The topological polar surface area (TPSA) is 98.3 Å². The Balaban J connectivity index is 1.49. The number of nitrogens with one attached hydrogen (secondary N) is 2. The molecule has 0 fully saturated rings. The maximum Gasteiger partial charge on any atom is 0.182 e. The molecule has 9 heteroatoms. The van der Waals surface area contributed by atoms with Gasteiger partial charge in [-0.1, -0.05) is 47.1 Å². The summed E-state index contributed by atoms with van der Waals surface area (Å²) in [6, 6.07) is 13.9. The van der Waals surface area contributed by atoms with Gasteiger partial charge in [0.05, 0.1) is 10.7 Å². The molecule has 1 aromatic heterocycles. The first-order valence-corrected chi connectivity index (χ1v) is 9.53. The molecular formula is C20H21ClFN5O2. The normalized spacial score (nSPS) is 10.9. The van der Waals surface area contributed by atoms with Crippen LogP contribution in [0.25, 0.3) is 0 Å². The molecule has 0 aliphatic carbocycles. The molecular weight excluding hydrogens is 397 g/mol. The largest absolute Gasteiger partial charge is 0.311 e. The van der Waals surface area contributed by atoms with Crippen LogP contribution in [-0.4, -0.2) is 27.9 Å². The van der Waals surface area contributed by atoms with Crippen LogP contribution in [0.4, 0.5) is 10.1 Å². The fraction of sp³-hybridized carbons (Fsp3) is 0.250. The molecule has 29 heavy (non-hydrogen) atoms. The van der Waals surface area contributed by atoms with Gasteiger partial charge in [0.2, 0.25) is 0 Å². The SMILES string of the molecule is N=C(c1nonc1CNCCCCc1ccccc1)N(O)c1ccc(F)c(Cl)c1. The smallest absolute Gasteiger partial charge is 0.182 e. The number of aryl methyl sites for hydroxylation is 1. The molecule has 0 spiro atoms. The molecule has 1 heterocycles. The minimum absolute atomic E-state index is 0.0877. The van der Waals surface area contributed by atoms with E-state index in [0.717, 1.165) is 31.9 Å². The molecule has 3 rings (SSSR count). The molecule has 0 aliphatic heterocycles. The highest BCUT2D eigenvalue weighted by Crippen LogP contribution is 2.23. The van der Waals surface area contributed by atoms with E-state index < -0.39 is 5.82 Å². The third-order valence-corrected chi connectivity index (χ3v) is 4.63. The van der Waals surface area contributed by atoms with Gasteiger partial charge in [0.1, 0.15) is 11.5 Å². The molecule has 0 radical (unpaired) electrons. The molecule has 0 amide bonds. The summed E-state index contributed by atoms with van der Waals surface area (Å²) in [6.45, 7) is 1.10. The molecule has 0 saturated carbocycles. The number of nitrogens with zero attached hydrogens (tertiary/aromatic N) is 3. The van der Waals surface area contributed by atoms with Crippen molar-refractivity contribution in [1.82, 2.24) is 15.6 Å². The average Bonchev–Trinajstić information content (AvgIpc) is 3.20. The van der Waals surface area contributed by atoms with Gasteiger partial charge in [-0.3, -0.25) is 10.6 Å². The lowest BCUT2D eigenvalue weighted by molar-refractivity contribution is 0.297. The molecule has 2 aromatic carbocycles. The van der Waals surface area contributed by atoms with Gasteiger partial charge < -0.3 is 5.32 Å². The van der Waals surface area contributed by atoms with Crippen molar-refractivity contribution in [3.05, 3.63) is 76.3 Å². The summed E-state index contributed by atoms with van der Waals surface area (Å²) >= 11 is 5.73. The number of halogens is 2. The van der Waals surface area contributed by atoms with Crippen molar-refractivity contribution in [1.29, 1.82) is 5.41 Å². The van der Waals surface area contributed by atoms with Crippen LogP contribution in [0.2, 0.25) is 5.02 Å². The minimum Gasteiger partial charge on any atom is -0.311 e. The molecule has 0 saturated heterocycles. The highest BCUT2D eigenvalue weighted by molar-refractivity contribution is 6.31. The monoisotopic (exact) mass is 417 g/mol. The summed E-state index contributed by atoms with van der Waals surface area (Å²) in [5, 5.41) is 29.5. The summed E-state index contributed by atoms with van der Waals surface area (Å²) in [7, 11) is 0. The Morgan fingerprint density at radius 2 is 1.97 bits per heavy atom. The van der Waals surface area contributed by atoms with E-state index in [4.69, 9.17) is 21.6 Å². The van der Waals surface area contributed by atoms with Crippen LogP contribution in [0.5, 0.6) is 0 Å². The molecule has 0 aliphatic rings. The lowest BCUT2D eigenvalue weighted by Crippen LogP contribution is -2.29. The van der Waals surface area contributed by atoms with Crippen LogP contribution in [0.15, 0.2) is 53.2 Å². The predicted octanol–water partition coefficient (Wildman–Crippen LogP) is 4.20. The fourth-order valence-corrected chi connectivity index (χ4v) is 2.95. The van der Waals surface area contributed by atoms with Gasteiger partial charge >= 0.3 is 0 Å². The Labute approximate surface area is 172 Å². The number of unbranched alkanes of at least 4 members (excludes halogenated alkanes) is 1. The number of hydroxylamine groups is 1. The maximum atomic E-state index is 13.3. The van der Waals surface area contributed by atoms with E-state index in [1.807, 2.05) is 18.2 Å². The second kappa shape index (κ2) is 10.1. The van der Waals surface area contributed by atoms with E-state index in [9.17, 15) is 9.60 Å². The number of anilines is 1. The van der Waals surface area contributed by atoms with Crippen molar-refractivity contribution in [2.45, 2.75) is 25.8 Å². The molecule has 3 N–H and O–H groups in total. The number of hydrogen-bond donors (Lipinski definition) is 3. The van der Waals surface area contributed by atoms with Crippen molar-refractivity contribution < 1.29 is 14.2 Å². The summed E-state index contributed by atoms with van der Waals surface area (Å²) < 4.78 is 18.0. The van der Waals surface area contributed by atoms with Gasteiger partial charge in [-0.25, -0.2) is 14.1 Å². The van der Waals surface area contributed by atoms with E-state index in [1.54, 1.807) is 0 Å². The number of benzene rings is 2. The third kappa shape index (κ3) is 5.60. The average molecular weight is 418 g/mol. The Bertz CT molecular complexity index is 951. The van der Waals surface area contributed by atoms with E-state index in [0.29, 0.717) is 17.3 Å². The van der Waals surface area contributed by atoms with Gasteiger partial charge in [-0.15, -0.1) is 0 Å². The van der Waals surface area contributed by atoms with Gasteiger partial charge in [-0.05, 0) is 54.7 Å². The predicted molar refractivity (Wildman–Crippen MR) is 108 cm³/mol. The van der Waals surface area contributed by atoms with E-state index >= 15 is 0 Å². The van der Waals surface area contributed by atoms with Crippen LogP contribution in [-0.2, 0) is 13.0 Å². The van der Waals surface area contributed by atoms with Crippen LogP contribution in [0, 0.1) is 11.2 Å². The number of rotatable bonds is 9. The van der Waals surface area contributed by atoms with Crippen molar-refractivity contribution in [2.75, 3.05) is 11.6 Å². The van der Waals surface area contributed by atoms with Crippen molar-refractivity contribution in [3.8, 4) is 0 Å². The first-order chi connectivity index (χ1) is 14.1.